The maximum atomic E-state index is 5.71. The van der Waals surface area contributed by atoms with Crippen LogP contribution in [0, 0.1) is 11.5 Å². The van der Waals surface area contributed by atoms with E-state index >= 15 is 0 Å². The Kier molecular flexibility index (Phi) is 3.77. The molecular formula is C12H17ClN2Si. The topological polar surface area (TPSA) is 25.8 Å². The number of aromatic nitrogens is 2. The van der Waals surface area contributed by atoms with Crippen LogP contribution >= 0.6 is 11.6 Å². The largest absolute Gasteiger partial charge is 0.153 e. The van der Waals surface area contributed by atoms with Gasteiger partial charge in [0, 0.05) is 0 Å². The summed E-state index contributed by atoms with van der Waals surface area (Å²) in [6.45, 7) is 10.8. The summed E-state index contributed by atoms with van der Waals surface area (Å²) < 4.78 is 0. The first kappa shape index (κ1) is 13.2. The molecule has 1 rings (SSSR count). The van der Waals surface area contributed by atoms with Crippen molar-refractivity contribution in [3.63, 3.8) is 0 Å². The third-order valence-corrected chi connectivity index (χ3v) is 3.10. The van der Waals surface area contributed by atoms with Crippen molar-refractivity contribution in [2.24, 2.45) is 0 Å². The van der Waals surface area contributed by atoms with E-state index in [1.165, 1.54) is 0 Å². The molecule has 0 atom stereocenters. The molecule has 86 valence electrons. The molecule has 0 radical (unpaired) electrons. The number of hydrogen-bond acceptors (Lipinski definition) is 2. The van der Waals surface area contributed by atoms with Crippen molar-refractivity contribution in [3.05, 3.63) is 23.0 Å². The first-order chi connectivity index (χ1) is 7.21. The van der Waals surface area contributed by atoms with Crippen molar-refractivity contribution in [2.45, 2.75) is 38.9 Å². The molecule has 0 fully saturated rings. The zero-order valence-electron chi connectivity index (χ0n) is 10.4. The lowest BCUT2D eigenvalue weighted by atomic mass is 9.90. The molecule has 1 aromatic heterocycles. The van der Waals surface area contributed by atoms with E-state index in [4.69, 9.17) is 11.6 Å². The minimum absolute atomic E-state index is 0.266. The summed E-state index contributed by atoms with van der Waals surface area (Å²) in [5.41, 5.74) is 3.96. The predicted octanol–water partition coefficient (Wildman–Crippen LogP) is 3.29. The van der Waals surface area contributed by atoms with Gasteiger partial charge in [-0.3, -0.25) is 0 Å². The lowest BCUT2D eigenvalue weighted by Crippen LogP contribution is -2.21. The Bertz CT molecular complexity index is 421. The van der Waals surface area contributed by atoms with Crippen LogP contribution in [0.15, 0.2) is 12.1 Å². The molecule has 16 heavy (non-hydrogen) atoms. The van der Waals surface area contributed by atoms with Crippen molar-refractivity contribution in [1.82, 2.24) is 10.2 Å². The molecule has 0 amide bonds. The van der Waals surface area contributed by atoms with Crippen LogP contribution < -0.4 is 0 Å². The van der Waals surface area contributed by atoms with E-state index in [-0.39, 0.29) is 5.41 Å². The number of halogens is 1. The quantitative estimate of drug-likeness (QED) is 0.566. The van der Waals surface area contributed by atoms with Gasteiger partial charge in [-0.1, -0.05) is 37.2 Å². The van der Waals surface area contributed by atoms with Gasteiger partial charge in [0.2, 0.25) is 0 Å². The Hall–Kier alpha value is -0.853. The molecule has 0 aliphatic heterocycles. The van der Waals surface area contributed by atoms with Gasteiger partial charge < -0.3 is 0 Å². The van der Waals surface area contributed by atoms with Crippen molar-refractivity contribution in [3.8, 4) is 11.5 Å². The van der Waals surface area contributed by atoms with Crippen LogP contribution in [0.3, 0.4) is 0 Å². The summed E-state index contributed by atoms with van der Waals surface area (Å²) in [5.74, 6) is 3.30. The van der Waals surface area contributed by atoms with E-state index in [0.717, 1.165) is 5.69 Å². The Labute approximate surface area is 103 Å². The molecule has 1 aromatic rings. The molecule has 0 saturated carbocycles. The minimum Gasteiger partial charge on any atom is -0.153 e. The van der Waals surface area contributed by atoms with Gasteiger partial charge in [-0.2, -0.15) is 5.10 Å². The molecule has 2 nitrogen and oxygen atoms in total. The Morgan fingerprint density at radius 3 is 2.25 bits per heavy atom. The van der Waals surface area contributed by atoms with Crippen LogP contribution in [0.4, 0.5) is 0 Å². The summed E-state index contributed by atoms with van der Waals surface area (Å²) in [6, 6.07) is 3.63. The minimum atomic E-state index is -1.35. The van der Waals surface area contributed by atoms with E-state index in [0.29, 0.717) is 5.15 Å². The summed E-state index contributed by atoms with van der Waals surface area (Å²) in [5, 5.41) is 8.34. The van der Waals surface area contributed by atoms with Crippen LogP contribution in [-0.4, -0.2) is 18.3 Å². The fourth-order valence-corrected chi connectivity index (χ4v) is 1.85. The highest BCUT2D eigenvalue weighted by Crippen LogP contribution is 2.20. The molecule has 1 heterocycles. The molecule has 0 bridgehead atoms. The molecule has 0 aliphatic rings. The molecular weight excluding hydrogens is 236 g/mol. The smallest absolute Gasteiger partial charge is 0.151 e. The summed E-state index contributed by atoms with van der Waals surface area (Å²) in [4.78, 5) is 0. The highest BCUT2D eigenvalue weighted by atomic mass is 35.5. The van der Waals surface area contributed by atoms with Crippen LogP contribution in [0.25, 0.3) is 0 Å². The Morgan fingerprint density at radius 1 is 1.19 bits per heavy atom. The van der Waals surface area contributed by atoms with Crippen molar-refractivity contribution in [2.75, 3.05) is 0 Å². The number of rotatable bonds is 1. The Morgan fingerprint density at radius 2 is 1.81 bits per heavy atom. The Balaban J connectivity index is 3.01. The average molecular weight is 253 g/mol. The molecule has 4 heteroatoms. The van der Waals surface area contributed by atoms with Gasteiger partial charge in [0.25, 0.3) is 0 Å². The SMILES string of the molecule is CC(C)(C#C[Si](C)(C)C)c1ccc(Cl)nn1. The van der Waals surface area contributed by atoms with Gasteiger partial charge >= 0.3 is 0 Å². The normalized spacial score (nSPS) is 11.9. The number of nitrogens with zero attached hydrogens (tertiary/aromatic N) is 2. The summed E-state index contributed by atoms with van der Waals surface area (Å²) in [6.07, 6.45) is 0. The van der Waals surface area contributed by atoms with Gasteiger partial charge in [0.1, 0.15) is 8.07 Å². The van der Waals surface area contributed by atoms with Gasteiger partial charge in [-0.15, -0.1) is 10.6 Å². The van der Waals surface area contributed by atoms with Gasteiger partial charge in [-0.05, 0) is 26.0 Å². The van der Waals surface area contributed by atoms with E-state index in [2.05, 4.69) is 55.2 Å². The average Bonchev–Trinajstić information content (AvgIpc) is 2.15. The second-order valence-corrected chi connectivity index (χ2v) is 10.5. The van der Waals surface area contributed by atoms with Crippen LogP contribution in [0.2, 0.25) is 24.8 Å². The van der Waals surface area contributed by atoms with Gasteiger partial charge in [0.05, 0.1) is 11.1 Å². The molecule has 0 unspecified atom stereocenters. The van der Waals surface area contributed by atoms with Crippen LogP contribution in [0.5, 0.6) is 0 Å². The third-order valence-electron chi connectivity index (χ3n) is 2.02. The second-order valence-electron chi connectivity index (χ2n) is 5.37. The van der Waals surface area contributed by atoms with E-state index in [9.17, 15) is 0 Å². The van der Waals surface area contributed by atoms with Gasteiger partial charge in [0.15, 0.2) is 5.15 Å². The first-order valence-electron chi connectivity index (χ1n) is 5.25. The maximum Gasteiger partial charge on any atom is 0.151 e. The monoisotopic (exact) mass is 252 g/mol. The van der Waals surface area contributed by atoms with Crippen molar-refractivity contribution >= 4 is 19.7 Å². The fraction of sp³-hybridized carbons (Fsp3) is 0.500. The van der Waals surface area contributed by atoms with Crippen molar-refractivity contribution in [1.29, 1.82) is 0 Å². The third kappa shape index (κ3) is 3.95. The highest BCUT2D eigenvalue weighted by molar-refractivity contribution is 6.83. The molecule has 0 N–H and O–H groups in total. The van der Waals surface area contributed by atoms with E-state index in [1.807, 2.05) is 6.07 Å². The maximum absolute atomic E-state index is 5.71. The summed E-state index contributed by atoms with van der Waals surface area (Å²) in [7, 11) is -1.35. The highest BCUT2D eigenvalue weighted by Gasteiger charge is 2.20. The summed E-state index contributed by atoms with van der Waals surface area (Å²) >= 11 is 5.71. The van der Waals surface area contributed by atoms with Crippen LogP contribution in [0.1, 0.15) is 19.5 Å². The molecule has 0 saturated heterocycles. The lowest BCUT2D eigenvalue weighted by molar-refractivity contribution is 0.653. The number of hydrogen-bond donors (Lipinski definition) is 0. The second kappa shape index (κ2) is 4.56. The molecule has 0 spiro atoms. The van der Waals surface area contributed by atoms with E-state index < -0.39 is 8.07 Å². The standard InChI is InChI=1S/C12H17ClN2Si/c1-12(2,8-9-16(3,4)5)10-6-7-11(13)15-14-10/h6-7H,1-5H3. The fourth-order valence-electron chi connectivity index (χ4n) is 1.06. The first-order valence-corrected chi connectivity index (χ1v) is 9.12. The van der Waals surface area contributed by atoms with Crippen LogP contribution in [-0.2, 0) is 5.41 Å². The zero-order valence-corrected chi connectivity index (χ0v) is 12.2. The van der Waals surface area contributed by atoms with Crippen molar-refractivity contribution < 1.29 is 0 Å². The van der Waals surface area contributed by atoms with Gasteiger partial charge in [-0.25, -0.2) is 0 Å². The predicted molar refractivity (Wildman–Crippen MR) is 71.2 cm³/mol. The zero-order chi connectivity index (χ0) is 12.4. The molecule has 0 aliphatic carbocycles. The lowest BCUT2D eigenvalue weighted by Gasteiger charge is -2.17. The molecule has 0 aromatic carbocycles. The van der Waals surface area contributed by atoms with E-state index in [1.54, 1.807) is 6.07 Å².